The molecule has 0 aliphatic carbocycles. The van der Waals surface area contributed by atoms with Gasteiger partial charge in [-0.25, -0.2) is 4.79 Å². The largest absolute Gasteiger partial charge is 0.439 e. The van der Waals surface area contributed by atoms with Gasteiger partial charge < -0.3 is 15.4 Å². The van der Waals surface area contributed by atoms with Gasteiger partial charge in [-0.3, -0.25) is 4.79 Å². The fraction of sp³-hybridized carbons (Fsp3) is 0.818. The molecule has 0 radical (unpaired) electrons. The van der Waals surface area contributed by atoms with E-state index in [1.807, 2.05) is 0 Å². The van der Waals surface area contributed by atoms with E-state index in [2.05, 4.69) is 22.3 Å². The third-order valence-corrected chi connectivity index (χ3v) is 2.16. The van der Waals surface area contributed by atoms with Crippen molar-refractivity contribution >= 4 is 12.0 Å². The summed E-state index contributed by atoms with van der Waals surface area (Å²) in [5.41, 5.74) is 0. The first-order chi connectivity index (χ1) is 7.70. The first-order valence-corrected chi connectivity index (χ1v) is 5.82. The Hall–Kier alpha value is -1.26. The normalized spacial score (nSPS) is 9.62. The molecule has 94 valence electrons. The third-order valence-electron chi connectivity index (χ3n) is 2.16. The Labute approximate surface area is 96.9 Å². The summed E-state index contributed by atoms with van der Waals surface area (Å²) in [7, 11) is 1.50. The van der Waals surface area contributed by atoms with Gasteiger partial charge in [0.1, 0.15) is 0 Å². The lowest BCUT2D eigenvalue weighted by atomic mass is 10.1. The van der Waals surface area contributed by atoms with Gasteiger partial charge in [0.2, 0.25) is 0 Å². The molecule has 0 unspecified atom stereocenters. The summed E-state index contributed by atoms with van der Waals surface area (Å²) in [6, 6.07) is 0. The number of carbonyl (C=O) groups excluding carboxylic acids is 2. The van der Waals surface area contributed by atoms with Gasteiger partial charge in [-0.1, -0.05) is 32.6 Å². The molecule has 0 fully saturated rings. The molecular weight excluding hydrogens is 208 g/mol. The summed E-state index contributed by atoms with van der Waals surface area (Å²) < 4.78 is 4.66. The minimum atomic E-state index is -0.529. The van der Waals surface area contributed by atoms with Crippen molar-refractivity contribution in [2.75, 3.05) is 20.2 Å². The number of amides is 2. The number of likely N-dealkylation sites (N-methyl/N-ethyl adjacent to an activating group) is 1. The Morgan fingerprint density at radius 2 is 1.81 bits per heavy atom. The molecule has 0 saturated carbocycles. The molecule has 0 atom stereocenters. The second-order valence-electron chi connectivity index (χ2n) is 3.59. The molecule has 0 aromatic heterocycles. The molecule has 0 aliphatic heterocycles. The number of hydrogen-bond donors (Lipinski definition) is 2. The van der Waals surface area contributed by atoms with Gasteiger partial charge >= 0.3 is 6.09 Å². The predicted octanol–water partition coefficient (Wildman–Crippen LogP) is 1.43. The Bertz CT molecular complexity index is 207. The van der Waals surface area contributed by atoms with Crippen LogP contribution in [0.2, 0.25) is 0 Å². The lowest BCUT2D eigenvalue weighted by molar-refractivity contribution is -0.123. The number of carbonyl (C=O) groups is 2. The van der Waals surface area contributed by atoms with Gasteiger partial charge in [-0.2, -0.15) is 0 Å². The van der Waals surface area contributed by atoms with Crippen molar-refractivity contribution in [2.45, 2.75) is 39.0 Å². The van der Waals surface area contributed by atoms with Crippen molar-refractivity contribution in [3.05, 3.63) is 0 Å². The van der Waals surface area contributed by atoms with Gasteiger partial charge in [0, 0.05) is 13.6 Å². The highest BCUT2D eigenvalue weighted by Crippen LogP contribution is 2.00. The average molecular weight is 230 g/mol. The molecule has 5 heteroatoms. The van der Waals surface area contributed by atoms with Crippen LogP contribution in [0.25, 0.3) is 0 Å². The summed E-state index contributed by atoms with van der Waals surface area (Å²) in [5.74, 6) is -0.307. The molecular formula is C11H22N2O3. The summed E-state index contributed by atoms with van der Waals surface area (Å²) in [5, 5.41) is 4.96. The van der Waals surface area contributed by atoms with Gasteiger partial charge in [-0.15, -0.1) is 0 Å². The van der Waals surface area contributed by atoms with Crippen LogP contribution in [0, 0.1) is 0 Å². The second-order valence-corrected chi connectivity index (χ2v) is 3.59. The van der Waals surface area contributed by atoms with E-state index in [1.54, 1.807) is 0 Å². The van der Waals surface area contributed by atoms with Crippen LogP contribution >= 0.6 is 0 Å². The zero-order valence-corrected chi connectivity index (χ0v) is 10.2. The molecule has 2 amide bonds. The van der Waals surface area contributed by atoms with Gasteiger partial charge in [-0.05, 0) is 6.42 Å². The minimum Gasteiger partial charge on any atom is -0.439 e. The van der Waals surface area contributed by atoms with E-state index in [9.17, 15) is 9.59 Å². The van der Waals surface area contributed by atoms with Crippen molar-refractivity contribution in [3.8, 4) is 0 Å². The zero-order valence-electron chi connectivity index (χ0n) is 10.2. The van der Waals surface area contributed by atoms with E-state index in [0.29, 0.717) is 6.54 Å². The Morgan fingerprint density at radius 3 is 2.44 bits per heavy atom. The zero-order chi connectivity index (χ0) is 12.2. The predicted molar refractivity (Wildman–Crippen MR) is 62.2 cm³/mol. The Morgan fingerprint density at radius 1 is 1.12 bits per heavy atom. The van der Waals surface area contributed by atoms with Crippen LogP contribution in [0.1, 0.15) is 39.0 Å². The van der Waals surface area contributed by atoms with Crippen molar-refractivity contribution in [1.82, 2.24) is 10.6 Å². The topological polar surface area (TPSA) is 67.4 Å². The highest BCUT2D eigenvalue weighted by Gasteiger charge is 2.04. The minimum absolute atomic E-state index is 0.224. The SMILES string of the molecule is CCCCCCCNC(=O)OCC(=O)NC. The van der Waals surface area contributed by atoms with Crippen LogP contribution < -0.4 is 10.6 Å². The molecule has 0 bridgehead atoms. The first kappa shape index (κ1) is 14.7. The molecule has 0 aromatic rings. The number of ether oxygens (including phenoxy) is 1. The summed E-state index contributed by atoms with van der Waals surface area (Å²) in [6.45, 7) is 2.54. The molecule has 0 aromatic carbocycles. The van der Waals surface area contributed by atoms with E-state index < -0.39 is 6.09 Å². The number of alkyl carbamates (subject to hydrolysis) is 1. The van der Waals surface area contributed by atoms with E-state index in [-0.39, 0.29) is 12.5 Å². The van der Waals surface area contributed by atoms with Gasteiger partial charge in [0.05, 0.1) is 0 Å². The number of rotatable bonds is 8. The van der Waals surface area contributed by atoms with Crippen LogP contribution in [0.4, 0.5) is 4.79 Å². The van der Waals surface area contributed by atoms with E-state index in [4.69, 9.17) is 0 Å². The van der Waals surface area contributed by atoms with Crippen molar-refractivity contribution in [3.63, 3.8) is 0 Å². The summed E-state index contributed by atoms with van der Waals surface area (Å²) in [4.78, 5) is 21.8. The van der Waals surface area contributed by atoms with Gasteiger partial charge in [0.25, 0.3) is 5.91 Å². The number of unbranched alkanes of at least 4 members (excludes halogenated alkanes) is 4. The molecule has 0 aliphatic rings. The second kappa shape index (κ2) is 10.3. The molecule has 0 heterocycles. The van der Waals surface area contributed by atoms with Gasteiger partial charge in [0.15, 0.2) is 6.61 Å². The average Bonchev–Trinajstić information content (AvgIpc) is 2.30. The first-order valence-electron chi connectivity index (χ1n) is 5.82. The molecule has 0 rings (SSSR count). The Kier molecular flexibility index (Phi) is 9.46. The van der Waals surface area contributed by atoms with E-state index in [1.165, 1.54) is 26.3 Å². The highest BCUT2D eigenvalue weighted by molar-refractivity contribution is 5.79. The lowest BCUT2D eigenvalue weighted by Gasteiger charge is -2.05. The number of nitrogens with one attached hydrogen (secondary N) is 2. The lowest BCUT2D eigenvalue weighted by Crippen LogP contribution is -2.30. The fourth-order valence-corrected chi connectivity index (χ4v) is 1.17. The van der Waals surface area contributed by atoms with Crippen molar-refractivity contribution in [1.29, 1.82) is 0 Å². The third kappa shape index (κ3) is 9.30. The highest BCUT2D eigenvalue weighted by atomic mass is 16.6. The maximum atomic E-state index is 11.0. The summed E-state index contributed by atoms with van der Waals surface area (Å²) in [6.07, 6.45) is 5.19. The van der Waals surface area contributed by atoms with Crippen LogP contribution in [-0.2, 0) is 9.53 Å². The standard InChI is InChI=1S/C11H22N2O3/c1-3-4-5-6-7-8-13-11(15)16-9-10(14)12-2/h3-9H2,1-2H3,(H,12,14)(H,13,15). The van der Waals surface area contributed by atoms with Crippen LogP contribution in [0.15, 0.2) is 0 Å². The monoisotopic (exact) mass is 230 g/mol. The fourth-order valence-electron chi connectivity index (χ4n) is 1.17. The maximum absolute atomic E-state index is 11.0. The van der Waals surface area contributed by atoms with E-state index >= 15 is 0 Å². The van der Waals surface area contributed by atoms with Crippen molar-refractivity contribution < 1.29 is 14.3 Å². The van der Waals surface area contributed by atoms with E-state index in [0.717, 1.165) is 12.8 Å². The molecule has 5 nitrogen and oxygen atoms in total. The van der Waals surface area contributed by atoms with Crippen LogP contribution in [0.3, 0.4) is 0 Å². The molecule has 0 spiro atoms. The number of hydrogen-bond acceptors (Lipinski definition) is 3. The van der Waals surface area contributed by atoms with Crippen LogP contribution in [-0.4, -0.2) is 32.2 Å². The Balaban J connectivity index is 3.27. The molecule has 0 saturated heterocycles. The smallest absolute Gasteiger partial charge is 0.407 e. The quantitative estimate of drug-likeness (QED) is 0.620. The molecule has 16 heavy (non-hydrogen) atoms. The molecule has 2 N–H and O–H groups in total. The van der Waals surface area contributed by atoms with Crippen LogP contribution in [0.5, 0.6) is 0 Å². The van der Waals surface area contributed by atoms with Crippen molar-refractivity contribution in [2.24, 2.45) is 0 Å². The summed E-state index contributed by atoms with van der Waals surface area (Å²) >= 11 is 0. The maximum Gasteiger partial charge on any atom is 0.407 e.